The number of likely N-dealkylation sites (tertiary alicyclic amines) is 1. The zero-order valence-electron chi connectivity index (χ0n) is 8.27. The van der Waals surface area contributed by atoms with Crippen molar-refractivity contribution in [3.63, 3.8) is 0 Å². The number of benzene rings is 1. The highest BCUT2D eigenvalue weighted by molar-refractivity contribution is 6.00. The first kappa shape index (κ1) is 9.71. The Balaban J connectivity index is 1.99. The lowest BCUT2D eigenvalue weighted by Crippen LogP contribution is -2.48. The highest BCUT2D eigenvalue weighted by atomic mass is 16.2. The molecular formula is C11H12N2O2. The molecule has 15 heavy (non-hydrogen) atoms. The molecule has 0 radical (unpaired) electrons. The molecule has 0 aromatic heterocycles. The van der Waals surface area contributed by atoms with E-state index in [2.05, 4.69) is 0 Å². The molecule has 0 atom stereocenters. The van der Waals surface area contributed by atoms with Crippen LogP contribution in [0.3, 0.4) is 0 Å². The summed E-state index contributed by atoms with van der Waals surface area (Å²) in [5.74, 6) is -0.202. The summed E-state index contributed by atoms with van der Waals surface area (Å²) in [7, 11) is 0. The molecule has 0 aliphatic carbocycles. The van der Waals surface area contributed by atoms with Crippen molar-refractivity contribution in [3.05, 3.63) is 29.8 Å². The third-order valence-corrected chi connectivity index (χ3v) is 2.49. The second-order valence-corrected chi connectivity index (χ2v) is 3.61. The molecule has 0 spiro atoms. The molecule has 2 amide bonds. The van der Waals surface area contributed by atoms with E-state index in [1.54, 1.807) is 24.3 Å². The molecule has 1 fully saturated rings. The number of carbonyl (C=O) groups is 2. The smallest absolute Gasteiger partial charge is 0.233 e. The lowest BCUT2D eigenvalue weighted by atomic mass is 10.1. The molecule has 2 N–H and O–H groups in total. The Kier molecular flexibility index (Phi) is 2.41. The van der Waals surface area contributed by atoms with Crippen LogP contribution in [0.25, 0.3) is 0 Å². The molecule has 1 aliphatic rings. The van der Waals surface area contributed by atoms with Gasteiger partial charge in [0, 0.05) is 18.7 Å². The third-order valence-electron chi connectivity index (χ3n) is 2.49. The maximum atomic E-state index is 11.6. The monoisotopic (exact) mass is 204 g/mol. The summed E-state index contributed by atoms with van der Waals surface area (Å²) in [4.78, 5) is 23.9. The van der Waals surface area contributed by atoms with Gasteiger partial charge in [-0.2, -0.15) is 0 Å². The molecule has 1 aliphatic heterocycles. The van der Waals surface area contributed by atoms with E-state index >= 15 is 0 Å². The first-order chi connectivity index (χ1) is 7.16. The van der Waals surface area contributed by atoms with Crippen molar-refractivity contribution < 1.29 is 9.59 Å². The topological polar surface area (TPSA) is 63.4 Å². The van der Waals surface area contributed by atoms with E-state index in [-0.39, 0.29) is 18.2 Å². The Hall–Kier alpha value is -1.84. The normalized spacial score (nSPS) is 14.9. The number of amides is 2. The van der Waals surface area contributed by atoms with Crippen LogP contribution in [0.2, 0.25) is 0 Å². The largest absolute Gasteiger partial charge is 0.399 e. The Morgan fingerprint density at radius 3 is 2.47 bits per heavy atom. The number of rotatable bonds is 2. The van der Waals surface area contributed by atoms with Crippen LogP contribution in [-0.2, 0) is 16.0 Å². The zero-order chi connectivity index (χ0) is 10.8. The molecule has 0 unspecified atom stereocenters. The van der Waals surface area contributed by atoms with Crippen molar-refractivity contribution in [2.45, 2.75) is 12.8 Å². The Morgan fingerprint density at radius 2 is 2.00 bits per heavy atom. The number of β-lactam (4-membered cyclic amide) rings is 1. The fourth-order valence-corrected chi connectivity index (χ4v) is 1.48. The molecule has 1 aromatic carbocycles. The zero-order valence-corrected chi connectivity index (χ0v) is 8.27. The molecule has 1 heterocycles. The average molecular weight is 204 g/mol. The summed E-state index contributed by atoms with van der Waals surface area (Å²) in [6.45, 7) is 0.562. The first-order valence-electron chi connectivity index (χ1n) is 4.84. The Bertz CT molecular complexity index is 398. The van der Waals surface area contributed by atoms with E-state index in [9.17, 15) is 9.59 Å². The summed E-state index contributed by atoms with van der Waals surface area (Å²) in [6.07, 6.45) is 0.763. The molecule has 4 heteroatoms. The van der Waals surface area contributed by atoms with Crippen LogP contribution in [0.15, 0.2) is 24.3 Å². The van der Waals surface area contributed by atoms with Gasteiger partial charge in [0.25, 0.3) is 0 Å². The van der Waals surface area contributed by atoms with Crippen molar-refractivity contribution in [2.75, 3.05) is 12.3 Å². The highest BCUT2D eigenvalue weighted by Gasteiger charge is 2.29. The van der Waals surface area contributed by atoms with Crippen LogP contribution in [0.1, 0.15) is 12.0 Å². The van der Waals surface area contributed by atoms with Crippen molar-refractivity contribution in [3.8, 4) is 0 Å². The van der Waals surface area contributed by atoms with Gasteiger partial charge in [0.15, 0.2) is 0 Å². The van der Waals surface area contributed by atoms with Gasteiger partial charge in [-0.3, -0.25) is 14.5 Å². The summed E-state index contributed by atoms with van der Waals surface area (Å²) >= 11 is 0. The number of hydrogen-bond acceptors (Lipinski definition) is 3. The quantitative estimate of drug-likeness (QED) is 0.566. The predicted molar refractivity (Wildman–Crippen MR) is 55.9 cm³/mol. The van der Waals surface area contributed by atoms with Crippen LogP contribution in [0, 0.1) is 0 Å². The molecule has 1 aromatic rings. The Labute approximate surface area is 87.7 Å². The first-order valence-corrected chi connectivity index (χ1v) is 4.84. The summed E-state index contributed by atoms with van der Waals surface area (Å²) in [5, 5.41) is 0. The van der Waals surface area contributed by atoms with Gasteiger partial charge in [-0.05, 0) is 17.7 Å². The van der Waals surface area contributed by atoms with E-state index in [0.29, 0.717) is 18.7 Å². The summed E-state index contributed by atoms with van der Waals surface area (Å²) < 4.78 is 0. The Morgan fingerprint density at radius 1 is 1.33 bits per heavy atom. The van der Waals surface area contributed by atoms with Crippen molar-refractivity contribution in [1.82, 2.24) is 4.90 Å². The molecule has 0 saturated carbocycles. The second-order valence-electron chi connectivity index (χ2n) is 3.61. The van der Waals surface area contributed by atoms with Crippen LogP contribution in [0.4, 0.5) is 5.69 Å². The average Bonchev–Trinajstić information content (AvgIpc) is 2.19. The maximum Gasteiger partial charge on any atom is 0.233 e. The molecular weight excluding hydrogens is 192 g/mol. The van der Waals surface area contributed by atoms with Gasteiger partial charge < -0.3 is 5.73 Å². The molecule has 78 valence electrons. The number of anilines is 1. The third kappa shape index (κ3) is 1.98. The number of imide groups is 1. The lowest BCUT2D eigenvalue weighted by molar-refractivity contribution is -0.151. The van der Waals surface area contributed by atoms with E-state index < -0.39 is 0 Å². The lowest BCUT2D eigenvalue weighted by Gasteiger charge is -2.28. The SMILES string of the molecule is Nc1ccc(CC(=O)N2CCC2=O)cc1. The second kappa shape index (κ2) is 3.73. The van der Waals surface area contributed by atoms with E-state index in [1.807, 2.05) is 0 Å². The van der Waals surface area contributed by atoms with Gasteiger partial charge in [0.2, 0.25) is 11.8 Å². The molecule has 1 saturated heterocycles. The standard InChI is InChI=1S/C11H12N2O2/c12-9-3-1-8(2-4-9)7-11(15)13-6-5-10(13)14/h1-4H,5-7,12H2. The minimum atomic E-state index is -0.129. The van der Waals surface area contributed by atoms with E-state index in [1.165, 1.54) is 4.90 Å². The number of carbonyl (C=O) groups excluding carboxylic acids is 2. The summed E-state index contributed by atoms with van der Waals surface area (Å²) in [6, 6.07) is 7.11. The van der Waals surface area contributed by atoms with Gasteiger partial charge >= 0.3 is 0 Å². The number of nitrogen functional groups attached to an aromatic ring is 1. The number of hydrogen-bond donors (Lipinski definition) is 1. The minimum Gasteiger partial charge on any atom is -0.399 e. The number of nitrogens with two attached hydrogens (primary N) is 1. The fraction of sp³-hybridized carbons (Fsp3) is 0.273. The number of nitrogens with zero attached hydrogens (tertiary/aromatic N) is 1. The van der Waals surface area contributed by atoms with Gasteiger partial charge in [-0.25, -0.2) is 0 Å². The van der Waals surface area contributed by atoms with E-state index in [4.69, 9.17) is 5.73 Å². The van der Waals surface area contributed by atoms with Crippen LogP contribution in [0.5, 0.6) is 0 Å². The van der Waals surface area contributed by atoms with Crippen molar-refractivity contribution in [2.24, 2.45) is 0 Å². The van der Waals surface area contributed by atoms with Gasteiger partial charge in [0.1, 0.15) is 0 Å². The maximum absolute atomic E-state index is 11.6. The van der Waals surface area contributed by atoms with Crippen LogP contribution < -0.4 is 5.73 Å². The molecule has 0 bridgehead atoms. The van der Waals surface area contributed by atoms with Gasteiger partial charge in [0.05, 0.1) is 6.42 Å². The summed E-state index contributed by atoms with van der Waals surface area (Å²) in [5.41, 5.74) is 7.08. The molecule has 2 rings (SSSR count). The van der Waals surface area contributed by atoms with Crippen molar-refractivity contribution in [1.29, 1.82) is 0 Å². The minimum absolute atomic E-state index is 0.0737. The van der Waals surface area contributed by atoms with Crippen LogP contribution in [-0.4, -0.2) is 23.3 Å². The molecule has 4 nitrogen and oxygen atoms in total. The van der Waals surface area contributed by atoms with Gasteiger partial charge in [-0.15, -0.1) is 0 Å². The fourth-order valence-electron chi connectivity index (χ4n) is 1.48. The van der Waals surface area contributed by atoms with Crippen molar-refractivity contribution >= 4 is 17.5 Å². The predicted octanol–water partition coefficient (Wildman–Crippen LogP) is 0.570. The highest BCUT2D eigenvalue weighted by Crippen LogP contribution is 2.12. The van der Waals surface area contributed by atoms with Crippen LogP contribution >= 0.6 is 0 Å². The van der Waals surface area contributed by atoms with E-state index in [0.717, 1.165) is 5.56 Å². The van der Waals surface area contributed by atoms with Gasteiger partial charge in [-0.1, -0.05) is 12.1 Å².